The van der Waals surface area contributed by atoms with Gasteiger partial charge in [-0.25, -0.2) is 4.98 Å². The molecule has 0 bridgehead atoms. The van der Waals surface area contributed by atoms with Crippen LogP contribution in [0, 0.1) is 5.92 Å². The van der Waals surface area contributed by atoms with Crippen molar-refractivity contribution in [3.05, 3.63) is 16.6 Å². The van der Waals surface area contributed by atoms with E-state index in [0.717, 1.165) is 25.4 Å². The van der Waals surface area contributed by atoms with Crippen molar-refractivity contribution >= 4 is 11.3 Å². The van der Waals surface area contributed by atoms with Crippen LogP contribution in [-0.2, 0) is 6.42 Å². The van der Waals surface area contributed by atoms with E-state index in [4.69, 9.17) is 0 Å². The SMILES string of the molecule is CC(C)C1CN(CCc2cscn2)CCCN1. The first-order valence-corrected chi connectivity index (χ1v) is 7.53. The molecular formula is C13H23N3S. The summed E-state index contributed by atoms with van der Waals surface area (Å²) in [6.07, 6.45) is 2.36. The molecule has 1 aliphatic heterocycles. The van der Waals surface area contributed by atoms with Crippen molar-refractivity contribution in [1.82, 2.24) is 15.2 Å². The topological polar surface area (TPSA) is 28.2 Å². The lowest BCUT2D eigenvalue weighted by molar-refractivity contribution is 0.248. The van der Waals surface area contributed by atoms with Crippen LogP contribution in [0.25, 0.3) is 0 Å². The Labute approximate surface area is 108 Å². The number of hydrogen-bond donors (Lipinski definition) is 1. The summed E-state index contributed by atoms with van der Waals surface area (Å²) in [7, 11) is 0. The average molecular weight is 253 g/mol. The van der Waals surface area contributed by atoms with Crippen LogP contribution in [0.3, 0.4) is 0 Å². The largest absolute Gasteiger partial charge is 0.312 e. The Bertz CT molecular complexity index is 310. The van der Waals surface area contributed by atoms with E-state index < -0.39 is 0 Å². The number of thiazole rings is 1. The Morgan fingerprint density at radius 1 is 1.59 bits per heavy atom. The molecule has 1 aromatic heterocycles. The second kappa shape index (κ2) is 6.47. The minimum atomic E-state index is 0.646. The third kappa shape index (κ3) is 4.05. The van der Waals surface area contributed by atoms with Gasteiger partial charge in [0.25, 0.3) is 0 Å². The molecule has 2 rings (SSSR count). The van der Waals surface area contributed by atoms with Gasteiger partial charge in [-0.2, -0.15) is 0 Å². The second-order valence-corrected chi connectivity index (χ2v) is 5.91. The van der Waals surface area contributed by atoms with Gasteiger partial charge in [0.05, 0.1) is 11.2 Å². The van der Waals surface area contributed by atoms with Crippen molar-refractivity contribution in [2.75, 3.05) is 26.2 Å². The second-order valence-electron chi connectivity index (χ2n) is 5.19. The smallest absolute Gasteiger partial charge is 0.0794 e. The summed E-state index contributed by atoms with van der Waals surface area (Å²) in [6.45, 7) is 9.33. The van der Waals surface area contributed by atoms with Crippen LogP contribution < -0.4 is 5.32 Å². The van der Waals surface area contributed by atoms with Gasteiger partial charge in [0.1, 0.15) is 0 Å². The lowest BCUT2D eigenvalue weighted by Crippen LogP contribution is -2.41. The summed E-state index contributed by atoms with van der Waals surface area (Å²) in [5.74, 6) is 0.717. The predicted octanol–water partition coefficient (Wildman–Crippen LogP) is 2.01. The van der Waals surface area contributed by atoms with Crippen LogP contribution in [0.15, 0.2) is 10.9 Å². The van der Waals surface area contributed by atoms with E-state index >= 15 is 0 Å². The summed E-state index contributed by atoms with van der Waals surface area (Å²) >= 11 is 1.69. The lowest BCUT2D eigenvalue weighted by Gasteiger charge is -2.26. The molecule has 1 aromatic rings. The number of rotatable bonds is 4. The summed E-state index contributed by atoms with van der Waals surface area (Å²) in [5.41, 5.74) is 3.17. The molecule has 1 unspecified atom stereocenters. The first-order chi connectivity index (χ1) is 8.25. The van der Waals surface area contributed by atoms with Gasteiger partial charge in [0.2, 0.25) is 0 Å². The van der Waals surface area contributed by atoms with Crippen LogP contribution in [0.2, 0.25) is 0 Å². The zero-order chi connectivity index (χ0) is 12.1. The number of aromatic nitrogens is 1. The van der Waals surface area contributed by atoms with E-state index in [1.807, 2.05) is 5.51 Å². The first-order valence-electron chi connectivity index (χ1n) is 6.58. The highest BCUT2D eigenvalue weighted by atomic mass is 32.1. The molecule has 0 aromatic carbocycles. The van der Waals surface area contributed by atoms with Crippen LogP contribution >= 0.6 is 11.3 Å². The van der Waals surface area contributed by atoms with Gasteiger partial charge >= 0.3 is 0 Å². The van der Waals surface area contributed by atoms with E-state index in [1.54, 1.807) is 11.3 Å². The number of nitrogens with zero attached hydrogens (tertiary/aromatic N) is 2. The maximum atomic E-state index is 4.35. The Morgan fingerprint density at radius 2 is 2.47 bits per heavy atom. The molecule has 1 saturated heterocycles. The average Bonchev–Trinajstić information content (AvgIpc) is 2.70. The number of nitrogens with one attached hydrogen (secondary N) is 1. The minimum absolute atomic E-state index is 0.646. The van der Waals surface area contributed by atoms with Gasteiger partial charge in [-0.3, -0.25) is 0 Å². The molecule has 0 aliphatic carbocycles. The zero-order valence-electron chi connectivity index (χ0n) is 10.9. The maximum absolute atomic E-state index is 4.35. The molecule has 1 fully saturated rings. The van der Waals surface area contributed by atoms with Crippen molar-refractivity contribution in [2.24, 2.45) is 5.92 Å². The summed E-state index contributed by atoms with van der Waals surface area (Å²) in [6, 6.07) is 0.646. The fourth-order valence-electron chi connectivity index (χ4n) is 2.31. The quantitative estimate of drug-likeness (QED) is 0.889. The highest BCUT2D eigenvalue weighted by Crippen LogP contribution is 2.10. The van der Waals surface area contributed by atoms with Crippen LogP contribution in [0.5, 0.6) is 0 Å². The maximum Gasteiger partial charge on any atom is 0.0794 e. The monoisotopic (exact) mass is 253 g/mol. The van der Waals surface area contributed by atoms with E-state index in [-0.39, 0.29) is 0 Å². The summed E-state index contributed by atoms with van der Waals surface area (Å²) < 4.78 is 0. The first kappa shape index (κ1) is 13.0. The molecule has 1 aliphatic rings. The van der Waals surface area contributed by atoms with E-state index in [2.05, 4.69) is 34.4 Å². The number of hydrogen-bond acceptors (Lipinski definition) is 4. The standard InChI is InChI=1S/C13H23N3S/c1-11(2)13-8-16(6-3-5-14-13)7-4-12-9-17-10-15-12/h9-11,13-14H,3-8H2,1-2H3. The summed E-state index contributed by atoms with van der Waals surface area (Å²) in [4.78, 5) is 6.94. The van der Waals surface area contributed by atoms with Crippen LogP contribution in [0.4, 0.5) is 0 Å². The van der Waals surface area contributed by atoms with Gasteiger partial charge in [0, 0.05) is 30.9 Å². The normalized spacial score (nSPS) is 22.9. The Kier molecular flexibility index (Phi) is 4.95. The molecule has 0 saturated carbocycles. The summed E-state index contributed by atoms with van der Waals surface area (Å²) in [5, 5.41) is 5.81. The third-order valence-corrected chi connectivity index (χ3v) is 4.12. The Balaban J connectivity index is 1.82. The molecule has 0 spiro atoms. The van der Waals surface area contributed by atoms with Crippen molar-refractivity contribution in [1.29, 1.82) is 0 Å². The molecule has 0 amide bonds. The minimum Gasteiger partial charge on any atom is -0.312 e. The molecule has 1 atom stereocenters. The molecule has 96 valence electrons. The van der Waals surface area contributed by atoms with Crippen molar-refractivity contribution < 1.29 is 0 Å². The molecular weight excluding hydrogens is 230 g/mol. The van der Waals surface area contributed by atoms with Crippen molar-refractivity contribution in [3.8, 4) is 0 Å². The molecule has 3 nitrogen and oxygen atoms in total. The Morgan fingerprint density at radius 3 is 3.18 bits per heavy atom. The van der Waals surface area contributed by atoms with Gasteiger partial charge < -0.3 is 10.2 Å². The fourth-order valence-corrected chi connectivity index (χ4v) is 2.90. The zero-order valence-corrected chi connectivity index (χ0v) is 11.7. The van der Waals surface area contributed by atoms with Gasteiger partial charge in [-0.05, 0) is 25.4 Å². The fraction of sp³-hybridized carbons (Fsp3) is 0.769. The molecule has 17 heavy (non-hydrogen) atoms. The lowest BCUT2D eigenvalue weighted by atomic mass is 10.0. The van der Waals surface area contributed by atoms with Crippen molar-refractivity contribution in [2.45, 2.75) is 32.7 Å². The van der Waals surface area contributed by atoms with E-state index in [1.165, 1.54) is 25.2 Å². The van der Waals surface area contributed by atoms with Crippen LogP contribution in [0.1, 0.15) is 26.0 Å². The molecule has 2 heterocycles. The third-order valence-electron chi connectivity index (χ3n) is 3.48. The van der Waals surface area contributed by atoms with Crippen LogP contribution in [-0.4, -0.2) is 42.1 Å². The molecule has 4 heteroatoms. The van der Waals surface area contributed by atoms with Crippen molar-refractivity contribution in [3.63, 3.8) is 0 Å². The Hall–Kier alpha value is -0.450. The van der Waals surface area contributed by atoms with Gasteiger partial charge in [0.15, 0.2) is 0 Å². The highest BCUT2D eigenvalue weighted by molar-refractivity contribution is 7.07. The molecule has 0 radical (unpaired) electrons. The van der Waals surface area contributed by atoms with Gasteiger partial charge in [-0.15, -0.1) is 11.3 Å². The van der Waals surface area contributed by atoms with E-state index in [0.29, 0.717) is 6.04 Å². The highest BCUT2D eigenvalue weighted by Gasteiger charge is 2.19. The van der Waals surface area contributed by atoms with E-state index in [9.17, 15) is 0 Å². The van der Waals surface area contributed by atoms with Gasteiger partial charge in [-0.1, -0.05) is 13.8 Å². The molecule has 1 N–H and O–H groups in total. The predicted molar refractivity (Wildman–Crippen MR) is 73.5 cm³/mol.